The lowest BCUT2D eigenvalue weighted by atomic mass is 9.99. The molecule has 0 bridgehead atoms. The van der Waals surface area contributed by atoms with Crippen molar-refractivity contribution in [2.75, 3.05) is 6.26 Å². The Morgan fingerprint density at radius 1 is 1.14 bits per heavy atom. The fourth-order valence-corrected chi connectivity index (χ4v) is 2.58. The van der Waals surface area contributed by atoms with E-state index >= 15 is 0 Å². The minimum atomic E-state index is -3.37. The maximum Gasteiger partial charge on any atom is 0.336 e. The SMILES string of the molecule is CS(=O)(=O)c1ccc(-c2cc([N+](=O)[O-])ccc2C(=O)O)cc1. The van der Waals surface area contributed by atoms with Crippen molar-refractivity contribution in [3.63, 3.8) is 0 Å². The van der Waals surface area contributed by atoms with Crippen LogP contribution in [0.1, 0.15) is 10.4 Å². The van der Waals surface area contributed by atoms with Gasteiger partial charge in [0.25, 0.3) is 5.69 Å². The van der Waals surface area contributed by atoms with E-state index in [0.29, 0.717) is 5.56 Å². The van der Waals surface area contributed by atoms with Gasteiger partial charge in [-0.05, 0) is 23.8 Å². The number of non-ortho nitro benzene ring substituents is 1. The summed E-state index contributed by atoms with van der Waals surface area (Å²) in [6.45, 7) is 0. The van der Waals surface area contributed by atoms with Gasteiger partial charge in [0.2, 0.25) is 0 Å². The molecule has 8 heteroatoms. The molecule has 0 radical (unpaired) electrons. The van der Waals surface area contributed by atoms with E-state index in [1.807, 2.05) is 0 Å². The molecule has 0 aliphatic rings. The number of aromatic carboxylic acids is 1. The van der Waals surface area contributed by atoms with Crippen LogP contribution in [0.25, 0.3) is 11.1 Å². The van der Waals surface area contributed by atoms with Crippen LogP contribution in [0.3, 0.4) is 0 Å². The Labute approximate surface area is 125 Å². The Morgan fingerprint density at radius 2 is 1.73 bits per heavy atom. The molecule has 2 aromatic rings. The van der Waals surface area contributed by atoms with Crippen molar-refractivity contribution in [2.45, 2.75) is 4.90 Å². The molecule has 0 amide bonds. The molecule has 0 heterocycles. The van der Waals surface area contributed by atoms with E-state index in [9.17, 15) is 28.4 Å². The second-order valence-electron chi connectivity index (χ2n) is 4.59. The lowest BCUT2D eigenvalue weighted by Crippen LogP contribution is -2.01. The molecule has 0 spiro atoms. The molecular formula is C14H11NO6S. The van der Waals surface area contributed by atoms with Crippen molar-refractivity contribution in [2.24, 2.45) is 0 Å². The number of hydrogen-bond donors (Lipinski definition) is 1. The van der Waals surface area contributed by atoms with E-state index in [-0.39, 0.29) is 21.7 Å². The number of rotatable bonds is 4. The van der Waals surface area contributed by atoms with Gasteiger partial charge in [0.05, 0.1) is 15.4 Å². The molecule has 1 N–H and O–H groups in total. The van der Waals surface area contributed by atoms with Crippen molar-refractivity contribution >= 4 is 21.5 Å². The van der Waals surface area contributed by atoms with Gasteiger partial charge in [-0.25, -0.2) is 13.2 Å². The van der Waals surface area contributed by atoms with Crippen molar-refractivity contribution < 1.29 is 23.2 Å². The molecule has 22 heavy (non-hydrogen) atoms. The van der Waals surface area contributed by atoms with Crippen LogP contribution < -0.4 is 0 Å². The van der Waals surface area contributed by atoms with Crippen LogP contribution in [0, 0.1) is 10.1 Å². The topological polar surface area (TPSA) is 115 Å². The van der Waals surface area contributed by atoms with Gasteiger partial charge in [-0.1, -0.05) is 12.1 Å². The van der Waals surface area contributed by atoms with Crippen LogP contribution in [0.5, 0.6) is 0 Å². The largest absolute Gasteiger partial charge is 0.478 e. The molecule has 2 aromatic carbocycles. The van der Waals surface area contributed by atoms with Crippen LogP contribution in [-0.4, -0.2) is 30.7 Å². The van der Waals surface area contributed by atoms with Gasteiger partial charge < -0.3 is 5.11 Å². The maximum atomic E-state index is 11.4. The number of sulfone groups is 1. The first-order chi connectivity index (χ1) is 10.2. The Balaban J connectivity index is 2.62. The molecular weight excluding hydrogens is 310 g/mol. The molecule has 0 aromatic heterocycles. The number of benzene rings is 2. The molecule has 7 nitrogen and oxygen atoms in total. The summed E-state index contributed by atoms with van der Waals surface area (Å²) in [6, 6.07) is 8.91. The Kier molecular flexibility index (Phi) is 3.96. The van der Waals surface area contributed by atoms with Crippen molar-refractivity contribution in [1.82, 2.24) is 0 Å². The lowest BCUT2D eigenvalue weighted by Gasteiger charge is -2.07. The van der Waals surface area contributed by atoms with Crippen molar-refractivity contribution in [1.29, 1.82) is 0 Å². The second-order valence-corrected chi connectivity index (χ2v) is 6.60. The predicted molar refractivity (Wildman–Crippen MR) is 78.6 cm³/mol. The number of carboxylic acid groups (broad SMARTS) is 1. The molecule has 0 aliphatic heterocycles. The zero-order valence-electron chi connectivity index (χ0n) is 11.4. The fourth-order valence-electron chi connectivity index (χ4n) is 1.95. The second kappa shape index (κ2) is 5.57. The first-order valence-corrected chi connectivity index (χ1v) is 7.91. The predicted octanol–water partition coefficient (Wildman–Crippen LogP) is 2.36. The summed E-state index contributed by atoms with van der Waals surface area (Å²) in [5.41, 5.74) is 0.195. The number of carboxylic acids is 1. The van der Waals surface area contributed by atoms with Crippen LogP contribution in [-0.2, 0) is 9.84 Å². The van der Waals surface area contributed by atoms with Crippen molar-refractivity contribution in [3.8, 4) is 11.1 Å². The average Bonchev–Trinajstić information content (AvgIpc) is 2.45. The van der Waals surface area contributed by atoms with E-state index in [2.05, 4.69) is 0 Å². The van der Waals surface area contributed by atoms with E-state index in [1.54, 1.807) is 0 Å². The third-order valence-electron chi connectivity index (χ3n) is 3.04. The van der Waals surface area contributed by atoms with E-state index in [1.165, 1.54) is 24.3 Å². The number of nitro benzene ring substituents is 1. The Morgan fingerprint density at radius 3 is 2.18 bits per heavy atom. The monoisotopic (exact) mass is 321 g/mol. The van der Waals surface area contributed by atoms with E-state index < -0.39 is 20.7 Å². The molecule has 0 fully saturated rings. The molecule has 114 valence electrons. The van der Waals surface area contributed by atoms with Gasteiger partial charge in [-0.2, -0.15) is 0 Å². The van der Waals surface area contributed by atoms with Gasteiger partial charge in [-0.3, -0.25) is 10.1 Å². The first-order valence-electron chi connectivity index (χ1n) is 6.02. The highest BCUT2D eigenvalue weighted by atomic mass is 32.2. The van der Waals surface area contributed by atoms with E-state index in [0.717, 1.165) is 24.5 Å². The smallest absolute Gasteiger partial charge is 0.336 e. The summed E-state index contributed by atoms with van der Waals surface area (Å²) in [5.74, 6) is -1.22. The molecule has 0 unspecified atom stereocenters. The third kappa shape index (κ3) is 3.12. The highest BCUT2D eigenvalue weighted by Gasteiger charge is 2.17. The van der Waals surface area contributed by atoms with E-state index in [4.69, 9.17) is 0 Å². The summed E-state index contributed by atoms with van der Waals surface area (Å²) in [4.78, 5) is 21.5. The average molecular weight is 321 g/mol. The molecule has 0 aliphatic carbocycles. The van der Waals surface area contributed by atoms with Gasteiger partial charge in [0.1, 0.15) is 0 Å². The van der Waals surface area contributed by atoms with Gasteiger partial charge in [-0.15, -0.1) is 0 Å². The number of carbonyl (C=O) groups is 1. The summed E-state index contributed by atoms with van der Waals surface area (Å²) in [7, 11) is -3.37. The fraction of sp³-hybridized carbons (Fsp3) is 0.0714. The zero-order chi connectivity index (χ0) is 16.5. The minimum absolute atomic E-state index is 0.0820. The zero-order valence-corrected chi connectivity index (χ0v) is 12.2. The quantitative estimate of drug-likeness (QED) is 0.683. The lowest BCUT2D eigenvalue weighted by molar-refractivity contribution is -0.384. The summed E-state index contributed by atoms with van der Waals surface area (Å²) in [5, 5.41) is 20.0. The molecule has 0 atom stereocenters. The first kappa shape index (κ1) is 15.6. The Hall–Kier alpha value is -2.74. The number of nitrogens with zero attached hydrogens (tertiary/aromatic N) is 1. The van der Waals surface area contributed by atoms with Gasteiger partial charge in [0, 0.05) is 24.0 Å². The van der Waals surface area contributed by atoms with Crippen LogP contribution in [0.15, 0.2) is 47.4 Å². The van der Waals surface area contributed by atoms with Crippen LogP contribution in [0.4, 0.5) is 5.69 Å². The number of hydrogen-bond acceptors (Lipinski definition) is 5. The molecule has 2 rings (SSSR count). The minimum Gasteiger partial charge on any atom is -0.478 e. The summed E-state index contributed by atoms with van der Waals surface area (Å²) < 4.78 is 22.8. The normalized spacial score (nSPS) is 11.1. The number of nitro groups is 1. The van der Waals surface area contributed by atoms with Crippen LogP contribution >= 0.6 is 0 Å². The molecule has 0 saturated heterocycles. The standard InChI is InChI=1S/C14H11NO6S/c1-22(20,21)11-5-2-9(3-6-11)13-8-10(15(18)19)4-7-12(13)14(16)17/h2-8H,1H3,(H,16,17). The van der Waals surface area contributed by atoms with Crippen LogP contribution in [0.2, 0.25) is 0 Å². The Bertz CT molecular complexity index is 855. The molecule has 0 saturated carbocycles. The highest BCUT2D eigenvalue weighted by molar-refractivity contribution is 7.90. The maximum absolute atomic E-state index is 11.4. The van der Waals surface area contributed by atoms with Gasteiger partial charge >= 0.3 is 5.97 Å². The van der Waals surface area contributed by atoms with Crippen molar-refractivity contribution in [3.05, 3.63) is 58.1 Å². The van der Waals surface area contributed by atoms with Gasteiger partial charge in [0.15, 0.2) is 9.84 Å². The summed E-state index contributed by atoms with van der Waals surface area (Å²) >= 11 is 0. The third-order valence-corrected chi connectivity index (χ3v) is 4.17. The summed E-state index contributed by atoms with van der Waals surface area (Å²) in [6.07, 6.45) is 1.05. The highest BCUT2D eigenvalue weighted by Crippen LogP contribution is 2.29.